The van der Waals surface area contributed by atoms with Crippen molar-refractivity contribution < 1.29 is 0 Å². The minimum absolute atomic E-state index is 0.0310. The first-order chi connectivity index (χ1) is 26.0. The van der Waals surface area contributed by atoms with Gasteiger partial charge in [-0.25, -0.2) is 0 Å². The Balaban J connectivity index is 1.09. The van der Waals surface area contributed by atoms with Crippen molar-refractivity contribution in [2.24, 2.45) is 0 Å². The van der Waals surface area contributed by atoms with Gasteiger partial charge in [0.2, 0.25) is 0 Å². The molecule has 53 heavy (non-hydrogen) atoms. The van der Waals surface area contributed by atoms with Crippen molar-refractivity contribution in [1.82, 2.24) is 0 Å². The van der Waals surface area contributed by atoms with Gasteiger partial charge in [0.25, 0.3) is 0 Å². The summed E-state index contributed by atoms with van der Waals surface area (Å²) in [5.74, 6) is 0. The summed E-state index contributed by atoms with van der Waals surface area (Å²) in [6.07, 6.45) is 0. The van der Waals surface area contributed by atoms with E-state index in [-0.39, 0.29) is 5.41 Å². The number of benzene rings is 10. The zero-order chi connectivity index (χ0) is 35.3. The van der Waals surface area contributed by atoms with Crippen LogP contribution >= 0.6 is 0 Å². The van der Waals surface area contributed by atoms with Crippen molar-refractivity contribution >= 4 is 43.1 Å². The molecule has 248 valence electrons. The average Bonchev–Trinajstić information content (AvgIpc) is 3.44. The molecule has 0 saturated carbocycles. The Bertz CT molecular complexity index is 3060. The topological polar surface area (TPSA) is 0 Å². The van der Waals surface area contributed by atoms with Crippen molar-refractivity contribution in [2.75, 3.05) is 0 Å². The van der Waals surface area contributed by atoms with E-state index in [2.05, 4.69) is 196 Å². The van der Waals surface area contributed by atoms with Crippen LogP contribution in [0, 0.1) is 0 Å². The second kappa shape index (κ2) is 11.2. The molecule has 0 nitrogen and oxygen atoms in total. The van der Waals surface area contributed by atoms with E-state index in [0.717, 1.165) is 0 Å². The molecule has 0 unspecified atom stereocenters. The highest BCUT2D eigenvalue weighted by Gasteiger charge is 2.35. The molecule has 0 heterocycles. The van der Waals surface area contributed by atoms with Crippen molar-refractivity contribution in [3.8, 4) is 55.6 Å². The molecule has 11 rings (SSSR count). The van der Waals surface area contributed by atoms with Crippen molar-refractivity contribution in [2.45, 2.75) is 19.3 Å². The van der Waals surface area contributed by atoms with Gasteiger partial charge in [0, 0.05) is 5.41 Å². The van der Waals surface area contributed by atoms with Gasteiger partial charge in [-0.3, -0.25) is 0 Å². The summed E-state index contributed by atoms with van der Waals surface area (Å²) in [6.45, 7) is 4.72. The zero-order valence-corrected chi connectivity index (χ0v) is 29.8. The van der Waals surface area contributed by atoms with E-state index in [0.29, 0.717) is 0 Å². The maximum Gasteiger partial charge on any atom is 0.0159 e. The normalized spacial score (nSPS) is 13.2. The fourth-order valence-corrected chi connectivity index (χ4v) is 9.36. The molecule has 0 spiro atoms. The van der Waals surface area contributed by atoms with Crippen LogP contribution in [0.4, 0.5) is 0 Å². The monoisotopic (exact) mass is 672 g/mol. The Kier molecular flexibility index (Phi) is 6.40. The van der Waals surface area contributed by atoms with Crippen LogP contribution in [0.1, 0.15) is 25.0 Å². The Hall–Kier alpha value is -6.50. The standard InChI is InChI=1S/C53H36/c1-53(2)49-16-10-9-15-44(49)48-30-37-17-18-38(29-40(37)32-50(48)53)43-26-23-39(31-47(43)34-13-7-4-8-14-34)42-25-20-36-21-27-45-41(33-11-5-3-6-12-33)24-19-35-22-28-46(42)52(36)51(35)45/h3-32H,1-2H3. The molecule has 0 fully saturated rings. The summed E-state index contributed by atoms with van der Waals surface area (Å²) in [6, 6.07) is 68.0. The van der Waals surface area contributed by atoms with Crippen LogP contribution in [0.3, 0.4) is 0 Å². The van der Waals surface area contributed by atoms with Gasteiger partial charge >= 0.3 is 0 Å². The van der Waals surface area contributed by atoms with Gasteiger partial charge in [0.05, 0.1) is 0 Å². The molecule has 0 heteroatoms. The van der Waals surface area contributed by atoms with E-state index >= 15 is 0 Å². The van der Waals surface area contributed by atoms with Crippen LogP contribution < -0.4 is 0 Å². The molecule has 10 aromatic rings. The maximum absolute atomic E-state index is 2.44. The third-order valence-electron chi connectivity index (χ3n) is 12.0. The molecular formula is C53H36. The first kappa shape index (κ1) is 30.2. The van der Waals surface area contributed by atoms with Crippen LogP contribution in [0.15, 0.2) is 182 Å². The molecular weight excluding hydrogens is 637 g/mol. The summed E-state index contributed by atoms with van der Waals surface area (Å²) in [5, 5.41) is 10.4. The largest absolute Gasteiger partial charge is 0.0622 e. The molecule has 1 aliphatic rings. The van der Waals surface area contributed by atoms with E-state index in [1.165, 1.54) is 110 Å². The quantitative estimate of drug-likeness (QED) is 0.163. The highest BCUT2D eigenvalue weighted by atomic mass is 14.4. The first-order valence-corrected chi connectivity index (χ1v) is 18.7. The number of hydrogen-bond acceptors (Lipinski definition) is 0. The number of hydrogen-bond donors (Lipinski definition) is 0. The SMILES string of the molecule is CC1(C)c2ccccc2-c2cc3ccc(-c4ccc(-c5ccc6ccc7c(-c8ccccc8)ccc8ccc5c6c87)cc4-c4ccccc4)cc3cc21. The van der Waals surface area contributed by atoms with Crippen LogP contribution in [-0.4, -0.2) is 0 Å². The van der Waals surface area contributed by atoms with Gasteiger partial charge in [-0.1, -0.05) is 172 Å². The smallest absolute Gasteiger partial charge is 0.0159 e. The van der Waals surface area contributed by atoms with Gasteiger partial charge in [-0.15, -0.1) is 0 Å². The first-order valence-electron chi connectivity index (χ1n) is 18.7. The fourth-order valence-electron chi connectivity index (χ4n) is 9.36. The van der Waals surface area contributed by atoms with Crippen molar-refractivity contribution in [3.63, 3.8) is 0 Å². The van der Waals surface area contributed by atoms with Crippen molar-refractivity contribution in [1.29, 1.82) is 0 Å². The molecule has 10 aromatic carbocycles. The van der Waals surface area contributed by atoms with E-state index < -0.39 is 0 Å². The lowest BCUT2D eigenvalue weighted by molar-refractivity contribution is 0.661. The summed E-state index contributed by atoms with van der Waals surface area (Å²) >= 11 is 0. The average molecular weight is 673 g/mol. The Morgan fingerprint density at radius 2 is 0.811 bits per heavy atom. The Morgan fingerprint density at radius 1 is 0.283 bits per heavy atom. The zero-order valence-electron chi connectivity index (χ0n) is 29.8. The lowest BCUT2D eigenvalue weighted by Gasteiger charge is -2.22. The van der Waals surface area contributed by atoms with Gasteiger partial charge in [0.1, 0.15) is 0 Å². The van der Waals surface area contributed by atoms with Crippen LogP contribution in [0.2, 0.25) is 0 Å². The predicted octanol–water partition coefficient (Wildman–Crippen LogP) is 14.7. The molecule has 0 aromatic heterocycles. The molecule has 1 aliphatic carbocycles. The molecule has 0 amide bonds. The van der Waals surface area contributed by atoms with Crippen LogP contribution in [0.25, 0.3) is 98.7 Å². The van der Waals surface area contributed by atoms with Gasteiger partial charge in [-0.2, -0.15) is 0 Å². The van der Waals surface area contributed by atoms with Gasteiger partial charge < -0.3 is 0 Å². The third-order valence-corrected chi connectivity index (χ3v) is 12.0. The van der Waals surface area contributed by atoms with Gasteiger partial charge in [-0.05, 0) is 134 Å². The van der Waals surface area contributed by atoms with E-state index in [1.807, 2.05) is 0 Å². The second-order valence-electron chi connectivity index (χ2n) is 15.3. The van der Waals surface area contributed by atoms with E-state index in [1.54, 1.807) is 0 Å². The molecule has 0 bridgehead atoms. The fraction of sp³-hybridized carbons (Fsp3) is 0.0566. The summed E-state index contributed by atoms with van der Waals surface area (Å²) < 4.78 is 0. The van der Waals surface area contributed by atoms with Crippen LogP contribution in [-0.2, 0) is 5.41 Å². The Labute approximate surface area is 310 Å². The lowest BCUT2D eigenvalue weighted by Crippen LogP contribution is -2.14. The highest BCUT2D eigenvalue weighted by Crippen LogP contribution is 2.50. The molecule has 0 aliphatic heterocycles. The van der Waals surface area contributed by atoms with E-state index in [4.69, 9.17) is 0 Å². The third kappa shape index (κ3) is 4.49. The summed E-state index contributed by atoms with van der Waals surface area (Å²) in [4.78, 5) is 0. The molecule has 0 atom stereocenters. The molecule has 0 radical (unpaired) electrons. The number of rotatable bonds is 4. The predicted molar refractivity (Wildman–Crippen MR) is 227 cm³/mol. The second-order valence-corrected chi connectivity index (χ2v) is 15.3. The van der Waals surface area contributed by atoms with E-state index in [9.17, 15) is 0 Å². The van der Waals surface area contributed by atoms with Gasteiger partial charge in [0.15, 0.2) is 0 Å². The molecule has 0 saturated heterocycles. The maximum atomic E-state index is 2.44. The summed E-state index contributed by atoms with van der Waals surface area (Å²) in [7, 11) is 0. The minimum Gasteiger partial charge on any atom is -0.0622 e. The summed E-state index contributed by atoms with van der Waals surface area (Å²) in [5.41, 5.74) is 15.5. The highest BCUT2D eigenvalue weighted by molar-refractivity contribution is 6.27. The Morgan fingerprint density at radius 3 is 1.51 bits per heavy atom. The minimum atomic E-state index is -0.0310. The molecule has 0 N–H and O–H groups in total. The number of fused-ring (bicyclic) bond motifs is 4. The van der Waals surface area contributed by atoms with Crippen LogP contribution in [0.5, 0.6) is 0 Å². The van der Waals surface area contributed by atoms with Crippen molar-refractivity contribution in [3.05, 3.63) is 193 Å². The lowest BCUT2D eigenvalue weighted by atomic mass is 9.81.